The molecule has 3 rings (SSSR count). The highest BCUT2D eigenvalue weighted by molar-refractivity contribution is 7.80. The molecule has 6 nitrogen and oxygen atoms in total. The second-order valence-electron chi connectivity index (χ2n) is 5.22. The molecule has 0 fully saturated rings. The Morgan fingerprint density at radius 2 is 1.84 bits per heavy atom. The molecule has 0 radical (unpaired) electrons. The Morgan fingerprint density at radius 1 is 1.08 bits per heavy atom. The summed E-state index contributed by atoms with van der Waals surface area (Å²) in [6.07, 6.45) is 3.68. The van der Waals surface area contributed by atoms with Gasteiger partial charge in [0.05, 0.1) is 38.0 Å². The molecule has 1 aliphatic heterocycles. The van der Waals surface area contributed by atoms with Gasteiger partial charge < -0.3 is 19.5 Å². The highest BCUT2D eigenvalue weighted by Gasteiger charge is 2.30. The van der Waals surface area contributed by atoms with Crippen molar-refractivity contribution < 1.29 is 14.2 Å². The highest BCUT2D eigenvalue weighted by Crippen LogP contribution is 2.30. The third kappa shape index (κ3) is 3.52. The Kier molecular flexibility index (Phi) is 5.06. The van der Waals surface area contributed by atoms with Gasteiger partial charge in [0.2, 0.25) is 5.11 Å². The molecule has 1 aromatic carbocycles. The summed E-state index contributed by atoms with van der Waals surface area (Å²) in [5, 5.41) is 4.00. The van der Waals surface area contributed by atoms with Crippen LogP contribution in [0.25, 0.3) is 0 Å². The quantitative estimate of drug-likeness (QED) is 0.812. The predicted molar refractivity (Wildman–Crippen MR) is 103 cm³/mol. The van der Waals surface area contributed by atoms with Gasteiger partial charge in [0.25, 0.3) is 0 Å². The van der Waals surface area contributed by atoms with Gasteiger partial charge >= 0.3 is 0 Å². The molecule has 0 bridgehead atoms. The summed E-state index contributed by atoms with van der Waals surface area (Å²) in [5.74, 6) is 2.22. The van der Waals surface area contributed by atoms with E-state index in [1.54, 1.807) is 39.5 Å². The van der Waals surface area contributed by atoms with Crippen molar-refractivity contribution in [3.63, 3.8) is 0 Å². The fourth-order valence-corrected chi connectivity index (χ4v) is 3.03. The summed E-state index contributed by atoms with van der Waals surface area (Å²) in [4.78, 5) is 8.68. The van der Waals surface area contributed by atoms with Crippen molar-refractivity contribution in [2.45, 2.75) is 0 Å². The third-order valence-corrected chi connectivity index (χ3v) is 4.24. The molecular weight excluding hydrogens is 362 g/mol. The molecule has 1 aromatic rings. The van der Waals surface area contributed by atoms with Crippen LogP contribution in [0.2, 0.25) is 5.02 Å². The summed E-state index contributed by atoms with van der Waals surface area (Å²) < 4.78 is 15.9. The van der Waals surface area contributed by atoms with Crippen molar-refractivity contribution in [1.82, 2.24) is 0 Å². The third-order valence-electron chi connectivity index (χ3n) is 3.76. The molecule has 1 heterocycles. The van der Waals surface area contributed by atoms with Crippen LogP contribution in [0.1, 0.15) is 0 Å². The highest BCUT2D eigenvalue weighted by atomic mass is 35.5. The Labute approximate surface area is 155 Å². The molecule has 2 aliphatic rings. The van der Waals surface area contributed by atoms with Crippen molar-refractivity contribution in [1.29, 1.82) is 0 Å². The number of fused-ring (bicyclic) bond motifs is 1. The summed E-state index contributed by atoms with van der Waals surface area (Å²) in [6, 6.07) is 5.39. The number of halogens is 1. The molecule has 0 amide bonds. The van der Waals surface area contributed by atoms with Crippen LogP contribution < -0.4 is 10.1 Å². The lowest BCUT2D eigenvalue weighted by Crippen LogP contribution is -2.34. The van der Waals surface area contributed by atoms with Crippen LogP contribution in [0.15, 0.2) is 51.9 Å². The van der Waals surface area contributed by atoms with Crippen LogP contribution in [0.3, 0.4) is 0 Å². The first-order valence-corrected chi connectivity index (χ1v) is 8.18. The maximum atomic E-state index is 6.18. The van der Waals surface area contributed by atoms with Crippen LogP contribution in [0, 0.1) is 5.92 Å². The van der Waals surface area contributed by atoms with Gasteiger partial charge in [-0.2, -0.15) is 0 Å². The monoisotopic (exact) mass is 377 g/mol. The summed E-state index contributed by atoms with van der Waals surface area (Å²) in [5.41, 5.74) is 1.50. The number of nitrogens with one attached hydrogen (secondary N) is 1. The van der Waals surface area contributed by atoms with Gasteiger partial charge in [-0.15, -0.1) is 0 Å². The number of ether oxygens (including phenoxy) is 3. The van der Waals surface area contributed by atoms with E-state index in [0.717, 1.165) is 11.4 Å². The van der Waals surface area contributed by atoms with Gasteiger partial charge in [-0.3, -0.25) is 0 Å². The molecule has 130 valence electrons. The topological polar surface area (TPSA) is 64.4 Å². The normalized spacial score (nSPS) is 19.0. The predicted octanol–water partition coefficient (Wildman–Crippen LogP) is 3.59. The van der Waals surface area contributed by atoms with Gasteiger partial charge in [-0.05, 0) is 36.5 Å². The molecule has 1 atom stereocenters. The lowest BCUT2D eigenvalue weighted by Gasteiger charge is -2.26. The molecule has 1 aliphatic carbocycles. The lowest BCUT2D eigenvalue weighted by molar-refractivity contribution is 0.218. The van der Waals surface area contributed by atoms with Crippen molar-refractivity contribution in [3.05, 3.63) is 46.9 Å². The minimum absolute atomic E-state index is 0.221. The molecule has 0 saturated carbocycles. The Hall–Kier alpha value is -2.38. The molecule has 1 unspecified atom stereocenters. The van der Waals surface area contributed by atoms with Crippen LogP contribution in [-0.4, -0.2) is 38.0 Å². The van der Waals surface area contributed by atoms with Crippen LogP contribution in [0.4, 0.5) is 5.69 Å². The van der Waals surface area contributed by atoms with Gasteiger partial charge in [-0.1, -0.05) is 11.6 Å². The van der Waals surface area contributed by atoms with E-state index in [-0.39, 0.29) is 11.0 Å². The number of aliphatic imine (C=N–C) groups is 2. The van der Waals surface area contributed by atoms with E-state index in [2.05, 4.69) is 15.3 Å². The van der Waals surface area contributed by atoms with Crippen molar-refractivity contribution in [2.24, 2.45) is 15.9 Å². The second kappa shape index (κ2) is 7.25. The Morgan fingerprint density at radius 3 is 2.48 bits per heavy atom. The summed E-state index contributed by atoms with van der Waals surface area (Å²) in [7, 11) is 4.73. The number of nitrogens with zero attached hydrogens (tertiary/aromatic N) is 2. The zero-order valence-electron chi connectivity index (χ0n) is 13.9. The number of amidine groups is 1. The maximum absolute atomic E-state index is 6.18. The van der Waals surface area contributed by atoms with E-state index >= 15 is 0 Å². The van der Waals surface area contributed by atoms with E-state index in [1.165, 1.54) is 0 Å². The van der Waals surface area contributed by atoms with Crippen LogP contribution in [-0.2, 0) is 9.47 Å². The zero-order valence-corrected chi connectivity index (χ0v) is 15.4. The van der Waals surface area contributed by atoms with E-state index in [1.807, 2.05) is 12.1 Å². The average Bonchev–Trinajstić information content (AvgIpc) is 2.60. The minimum atomic E-state index is -0.221. The number of hydrogen-bond acceptors (Lipinski definition) is 5. The van der Waals surface area contributed by atoms with Gasteiger partial charge in [0.15, 0.2) is 11.5 Å². The zero-order chi connectivity index (χ0) is 18.0. The van der Waals surface area contributed by atoms with E-state index in [4.69, 9.17) is 38.0 Å². The first-order valence-electron chi connectivity index (χ1n) is 7.39. The molecule has 0 saturated heterocycles. The Bertz CT molecular complexity index is 846. The van der Waals surface area contributed by atoms with E-state index < -0.39 is 0 Å². The number of allylic oxidation sites excluding steroid dienone is 1. The fourth-order valence-electron chi connectivity index (χ4n) is 2.57. The number of hydrogen-bond donors (Lipinski definition) is 1. The Balaban J connectivity index is 1.92. The average molecular weight is 378 g/mol. The molecule has 0 aromatic heterocycles. The van der Waals surface area contributed by atoms with Gasteiger partial charge in [-0.25, -0.2) is 9.98 Å². The van der Waals surface area contributed by atoms with Gasteiger partial charge in [0.1, 0.15) is 11.6 Å². The molecule has 1 N–H and O–H groups in total. The van der Waals surface area contributed by atoms with Gasteiger partial charge in [0, 0.05) is 11.8 Å². The summed E-state index contributed by atoms with van der Waals surface area (Å²) >= 11 is 11.4. The standard InChI is InChI=1S/C17H16ClN3O3S/c1-22-13-5-4-9(6-11(13)18)19-16-10-7-14(23-2)15(24-3)8-12(10)20-17(25)21-16/h4-8,10H,1-3H3,(H,19,21,25). The van der Waals surface area contributed by atoms with Crippen LogP contribution >= 0.6 is 23.8 Å². The lowest BCUT2D eigenvalue weighted by atomic mass is 9.94. The maximum Gasteiger partial charge on any atom is 0.221 e. The number of anilines is 1. The van der Waals surface area contributed by atoms with Crippen molar-refractivity contribution in [3.8, 4) is 5.75 Å². The first kappa shape index (κ1) is 17.4. The minimum Gasteiger partial charge on any atom is -0.495 e. The summed E-state index contributed by atoms with van der Waals surface area (Å²) in [6.45, 7) is 0. The van der Waals surface area contributed by atoms with Crippen molar-refractivity contribution in [2.75, 3.05) is 26.6 Å². The molecule has 8 heteroatoms. The molecule has 0 spiro atoms. The largest absolute Gasteiger partial charge is 0.495 e. The number of thiocarbonyl (C=S) groups is 1. The fraction of sp³-hybridized carbons (Fsp3) is 0.235. The van der Waals surface area contributed by atoms with E-state index in [9.17, 15) is 0 Å². The second-order valence-corrected chi connectivity index (χ2v) is 5.99. The van der Waals surface area contributed by atoms with Crippen molar-refractivity contribution >= 4 is 46.2 Å². The first-order chi connectivity index (χ1) is 12.0. The molecular formula is C17H16ClN3O3S. The number of rotatable bonds is 4. The van der Waals surface area contributed by atoms with E-state index in [0.29, 0.717) is 28.1 Å². The smallest absolute Gasteiger partial charge is 0.221 e. The SMILES string of the molecule is COC1=CC2=NC(=S)N=C(Nc3ccc(OC)c(Cl)c3)C2C=C1OC. The number of benzene rings is 1. The number of methoxy groups -OCH3 is 3. The van der Waals surface area contributed by atoms with Crippen LogP contribution in [0.5, 0.6) is 5.75 Å². The molecule has 25 heavy (non-hydrogen) atoms.